The molecular weight excluding hydrogens is 241 g/mol. The molecule has 0 aliphatic carbocycles. The van der Waals surface area contributed by atoms with Crippen molar-refractivity contribution in [2.24, 2.45) is 0 Å². The Labute approximate surface area is 73.7 Å². The first-order chi connectivity index (χ1) is 4.75. The van der Waals surface area contributed by atoms with E-state index in [2.05, 4.69) is 22.6 Å². The van der Waals surface area contributed by atoms with Gasteiger partial charge >= 0.3 is 0 Å². The van der Waals surface area contributed by atoms with Crippen molar-refractivity contribution in [3.63, 3.8) is 0 Å². The lowest BCUT2D eigenvalue weighted by atomic mass is 10.3. The minimum absolute atomic E-state index is 0.781. The standard InChI is InChI=1S/C7H8INO/c1-9-4-2-3-6(8)7(9)5-10/h2-3,5H,4H2,1H3. The number of aldehydes is 1. The van der Waals surface area contributed by atoms with Crippen molar-refractivity contribution < 1.29 is 4.79 Å². The van der Waals surface area contributed by atoms with Gasteiger partial charge in [0, 0.05) is 17.2 Å². The van der Waals surface area contributed by atoms with Crippen molar-refractivity contribution in [2.45, 2.75) is 0 Å². The van der Waals surface area contributed by atoms with Crippen LogP contribution in [0.4, 0.5) is 0 Å². The number of allylic oxidation sites excluding steroid dienone is 3. The Morgan fingerprint density at radius 1 is 1.80 bits per heavy atom. The number of hydrogen-bond acceptors (Lipinski definition) is 2. The largest absolute Gasteiger partial charge is 0.367 e. The van der Waals surface area contributed by atoms with Crippen LogP contribution in [0.1, 0.15) is 0 Å². The lowest BCUT2D eigenvalue weighted by Gasteiger charge is -2.20. The molecular formula is C7H8INO. The Hall–Kier alpha value is -0.320. The average molecular weight is 249 g/mol. The maximum atomic E-state index is 10.4. The topological polar surface area (TPSA) is 20.3 Å². The smallest absolute Gasteiger partial charge is 0.167 e. The summed E-state index contributed by atoms with van der Waals surface area (Å²) < 4.78 is 1.02. The number of halogens is 1. The van der Waals surface area contributed by atoms with Crippen LogP contribution in [0.2, 0.25) is 0 Å². The molecule has 54 valence electrons. The first kappa shape index (κ1) is 7.78. The van der Waals surface area contributed by atoms with Crippen molar-refractivity contribution in [2.75, 3.05) is 13.6 Å². The number of carbonyl (C=O) groups excluding carboxylic acids is 1. The molecule has 0 aromatic rings. The van der Waals surface area contributed by atoms with Crippen LogP contribution in [0.5, 0.6) is 0 Å². The van der Waals surface area contributed by atoms with Gasteiger partial charge in [0.15, 0.2) is 6.29 Å². The summed E-state index contributed by atoms with van der Waals surface area (Å²) in [5.74, 6) is 0. The summed E-state index contributed by atoms with van der Waals surface area (Å²) in [4.78, 5) is 12.4. The quantitative estimate of drug-likeness (QED) is 0.516. The van der Waals surface area contributed by atoms with E-state index < -0.39 is 0 Å². The van der Waals surface area contributed by atoms with E-state index >= 15 is 0 Å². The number of carbonyl (C=O) groups is 1. The van der Waals surface area contributed by atoms with Gasteiger partial charge in [-0.25, -0.2) is 0 Å². The zero-order valence-corrected chi connectivity index (χ0v) is 7.83. The zero-order valence-electron chi connectivity index (χ0n) is 5.67. The maximum absolute atomic E-state index is 10.4. The highest BCUT2D eigenvalue weighted by atomic mass is 127. The molecule has 0 amide bonds. The molecule has 0 bridgehead atoms. The number of hydrogen-bond donors (Lipinski definition) is 0. The predicted octanol–water partition coefficient (Wildman–Crippen LogP) is 1.33. The molecule has 10 heavy (non-hydrogen) atoms. The molecule has 0 radical (unpaired) electrons. The van der Waals surface area contributed by atoms with Gasteiger partial charge in [-0.1, -0.05) is 6.08 Å². The van der Waals surface area contributed by atoms with E-state index in [0.29, 0.717) is 0 Å². The van der Waals surface area contributed by atoms with E-state index in [1.165, 1.54) is 0 Å². The fourth-order valence-corrected chi connectivity index (χ4v) is 1.62. The fraction of sp³-hybridized carbons (Fsp3) is 0.286. The van der Waals surface area contributed by atoms with Crippen LogP contribution in [0.25, 0.3) is 0 Å². The van der Waals surface area contributed by atoms with Crippen LogP contribution >= 0.6 is 22.6 Å². The number of likely N-dealkylation sites (N-methyl/N-ethyl adjacent to an activating group) is 1. The van der Waals surface area contributed by atoms with Gasteiger partial charge in [0.2, 0.25) is 0 Å². The Morgan fingerprint density at radius 2 is 2.50 bits per heavy atom. The number of rotatable bonds is 1. The van der Waals surface area contributed by atoms with Gasteiger partial charge in [-0.05, 0) is 28.7 Å². The maximum Gasteiger partial charge on any atom is 0.167 e. The van der Waals surface area contributed by atoms with Crippen LogP contribution in [0.3, 0.4) is 0 Å². The minimum Gasteiger partial charge on any atom is -0.367 e. The summed E-state index contributed by atoms with van der Waals surface area (Å²) in [5.41, 5.74) is 0.781. The highest BCUT2D eigenvalue weighted by molar-refractivity contribution is 14.1. The van der Waals surface area contributed by atoms with Crippen LogP contribution in [0, 0.1) is 0 Å². The zero-order chi connectivity index (χ0) is 7.56. The summed E-state index contributed by atoms with van der Waals surface area (Å²) in [7, 11) is 1.91. The third kappa shape index (κ3) is 1.39. The summed E-state index contributed by atoms with van der Waals surface area (Å²) in [6.07, 6.45) is 4.89. The second-order valence-electron chi connectivity index (χ2n) is 2.13. The van der Waals surface area contributed by atoms with Crippen molar-refractivity contribution in [1.29, 1.82) is 0 Å². The first-order valence-corrected chi connectivity index (χ1v) is 4.06. The summed E-state index contributed by atoms with van der Waals surface area (Å²) in [5, 5.41) is 0. The molecule has 1 aliphatic rings. The minimum atomic E-state index is 0.781. The van der Waals surface area contributed by atoms with E-state index in [9.17, 15) is 4.79 Å². The monoisotopic (exact) mass is 249 g/mol. The highest BCUT2D eigenvalue weighted by Gasteiger charge is 2.08. The molecule has 1 heterocycles. The normalized spacial score (nSPS) is 18.0. The second-order valence-corrected chi connectivity index (χ2v) is 3.30. The van der Waals surface area contributed by atoms with Crippen molar-refractivity contribution in [3.05, 3.63) is 21.4 Å². The average Bonchev–Trinajstić information content (AvgIpc) is 1.88. The van der Waals surface area contributed by atoms with E-state index in [0.717, 1.165) is 22.1 Å². The molecule has 0 saturated carbocycles. The molecule has 2 nitrogen and oxygen atoms in total. The molecule has 3 heteroatoms. The molecule has 0 fully saturated rings. The van der Waals surface area contributed by atoms with Crippen LogP contribution < -0.4 is 0 Å². The van der Waals surface area contributed by atoms with E-state index in [1.807, 2.05) is 24.1 Å². The van der Waals surface area contributed by atoms with Gasteiger partial charge in [-0.3, -0.25) is 4.79 Å². The van der Waals surface area contributed by atoms with Gasteiger partial charge < -0.3 is 4.90 Å². The molecule has 0 spiro atoms. The van der Waals surface area contributed by atoms with Crippen LogP contribution in [-0.2, 0) is 4.79 Å². The highest BCUT2D eigenvalue weighted by Crippen LogP contribution is 2.18. The lowest BCUT2D eigenvalue weighted by Crippen LogP contribution is -2.21. The Bertz CT molecular complexity index is 208. The lowest BCUT2D eigenvalue weighted by molar-refractivity contribution is -0.106. The molecule has 0 saturated heterocycles. The third-order valence-electron chi connectivity index (χ3n) is 1.41. The Kier molecular flexibility index (Phi) is 2.48. The summed E-state index contributed by atoms with van der Waals surface area (Å²) in [6, 6.07) is 0. The predicted molar refractivity (Wildman–Crippen MR) is 48.9 cm³/mol. The van der Waals surface area contributed by atoms with Gasteiger partial charge in [0.05, 0.1) is 5.70 Å². The van der Waals surface area contributed by atoms with Gasteiger partial charge in [-0.15, -0.1) is 0 Å². The molecule has 0 unspecified atom stereocenters. The molecule has 0 atom stereocenters. The van der Waals surface area contributed by atoms with E-state index in [4.69, 9.17) is 0 Å². The summed E-state index contributed by atoms with van der Waals surface area (Å²) in [6.45, 7) is 0.834. The molecule has 0 aromatic carbocycles. The van der Waals surface area contributed by atoms with Gasteiger partial charge in [-0.2, -0.15) is 0 Å². The van der Waals surface area contributed by atoms with Gasteiger partial charge in [0.25, 0.3) is 0 Å². The van der Waals surface area contributed by atoms with Crippen LogP contribution in [-0.4, -0.2) is 24.8 Å². The van der Waals surface area contributed by atoms with Crippen molar-refractivity contribution >= 4 is 28.9 Å². The first-order valence-electron chi connectivity index (χ1n) is 2.98. The van der Waals surface area contributed by atoms with Crippen molar-refractivity contribution in [3.8, 4) is 0 Å². The van der Waals surface area contributed by atoms with Crippen molar-refractivity contribution in [1.82, 2.24) is 4.90 Å². The molecule has 1 rings (SSSR count). The molecule has 1 aliphatic heterocycles. The SMILES string of the molecule is CN1CC=CC(I)=C1C=O. The fourth-order valence-electron chi connectivity index (χ4n) is 0.827. The molecule has 0 aromatic heterocycles. The second kappa shape index (κ2) is 3.18. The Balaban J connectivity index is 2.94. The number of nitrogens with zero attached hydrogens (tertiary/aromatic N) is 1. The van der Waals surface area contributed by atoms with E-state index in [1.54, 1.807) is 0 Å². The summed E-state index contributed by atoms with van der Waals surface area (Å²) >= 11 is 2.15. The van der Waals surface area contributed by atoms with E-state index in [-0.39, 0.29) is 0 Å². The van der Waals surface area contributed by atoms with Crippen LogP contribution in [0.15, 0.2) is 21.4 Å². The van der Waals surface area contributed by atoms with Gasteiger partial charge in [0.1, 0.15) is 0 Å². The Morgan fingerprint density at radius 3 is 2.90 bits per heavy atom. The molecule has 0 N–H and O–H groups in total. The third-order valence-corrected chi connectivity index (χ3v) is 2.32.